The van der Waals surface area contributed by atoms with Crippen LogP contribution in [0.1, 0.15) is 61.9 Å². The second-order valence-electron chi connectivity index (χ2n) is 11.3. The Morgan fingerprint density at radius 1 is 0.833 bits per heavy atom. The molecule has 0 unspecified atom stereocenters. The largest absolute Gasteiger partial charge is 0.471 e. The van der Waals surface area contributed by atoms with Crippen LogP contribution in [0.4, 0.5) is 51.3 Å². The zero-order valence-electron chi connectivity index (χ0n) is 23.6. The van der Waals surface area contributed by atoms with Crippen LogP contribution in [-0.2, 0) is 22.6 Å². The molecule has 2 aromatic rings. The number of hydrogen-bond acceptors (Lipinski definition) is 5. The third kappa shape index (κ3) is 8.18. The van der Waals surface area contributed by atoms with Gasteiger partial charge in [0.05, 0.1) is 11.1 Å². The van der Waals surface area contributed by atoms with Crippen molar-refractivity contribution in [3.63, 3.8) is 0 Å². The van der Waals surface area contributed by atoms with E-state index in [9.17, 15) is 44.3 Å². The minimum Gasteiger partial charge on any atom is -0.363 e. The van der Waals surface area contributed by atoms with Crippen molar-refractivity contribution >= 4 is 17.7 Å². The fourth-order valence-electron chi connectivity index (χ4n) is 4.95. The van der Waals surface area contributed by atoms with Crippen molar-refractivity contribution in [2.24, 2.45) is 0 Å². The first-order valence-electron chi connectivity index (χ1n) is 13.1. The molecule has 15 heteroatoms. The molecule has 0 spiro atoms. The Balaban J connectivity index is 1.86. The van der Waals surface area contributed by atoms with Gasteiger partial charge in [0, 0.05) is 49.9 Å². The van der Waals surface area contributed by atoms with Crippen molar-refractivity contribution in [1.29, 1.82) is 0 Å². The van der Waals surface area contributed by atoms with Gasteiger partial charge in [-0.25, -0.2) is 4.98 Å². The van der Waals surface area contributed by atoms with Crippen molar-refractivity contribution in [3.8, 4) is 0 Å². The summed E-state index contributed by atoms with van der Waals surface area (Å²) in [5, 5.41) is 3.16. The zero-order valence-corrected chi connectivity index (χ0v) is 23.6. The van der Waals surface area contributed by atoms with E-state index in [2.05, 4.69) is 15.3 Å². The molecule has 42 heavy (non-hydrogen) atoms. The van der Waals surface area contributed by atoms with E-state index in [1.54, 1.807) is 32.0 Å². The normalized spacial score (nSPS) is 18.5. The lowest BCUT2D eigenvalue weighted by Crippen LogP contribution is -2.53. The Hall–Kier alpha value is -3.26. The van der Waals surface area contributed by atoms with Crippen LogP contribution in [0.3, 0.4) is 0 Å². The number of aromatic nitrogens is 2. The van der Waals surface area contributed by atoms with Gasteiger partial charge in [0.25, 0.3) is 0 Å². The highest BCUT2D eigenvalue weighted by Crippen LogP contribution is 2.40. The van der Waals surface area contributed by atoms with Gasteiger partial charge in [0.1, 0.15) is 5.82 Å². The maximum absolute atomic E-state index is 13.7. The summed E-state index contributed by atoms with van der Waals surface area (Å²) in [6, 6.07) is 1.51. The number of carbonyl (C=O) groups is 1. The first-order valence-corrected chi connectivity index (χ1v) is 13.1. The van der Waals surface area contributed by atoms with E-state index in [0.717, 1.165) is 0 Å². The van der Waals surface area contributed by atoms with Crippen LogP contribution in [0.5, 0.6) is 0 Å². The molecule has 1 aromatic carbocycles. The van der Waals surface area contributed by atoms with Crippen LogP contribution in [-0.4, -0.2) is 59.7 Å². The molecule has 0 aliphatic heterocycles. The molecule has 1 aliphatic rings. The number of carbonyl (C=O) groups excluding carboxylic acids is 1. The van der Waals surface area contributed by atoms with Gasteiger partial charge >= 0.3 is 24.4 Å². The predicted octanol–water partition coefficient (Wildman–Crippen LogP) is 6.98. The predicted molar refractivity (Wildman–Crippen MR) is 138 cm³/mol. The lowest BCUT2D eigenvalue weighted by molar-refractivity contribution is -0.189. The molecule has 1 aliphatic carbocycles. The summed E-state index contributed by atoms with van der Waals surface area (Å²) in [6.07, 6.45) is -14.7. The molecule has 1 aromatic heterocycles. The Kier molecular flexibility index (Phi) is 9.33. The van der Waals surface area contributed by atoms with Gasteiger partial charge in [-0.15, -0.1) is 0 Å². The number of halogens is 9. The van der Waals surface area contributed by atoms with Crippen LogP contribution in [0.25, 0.3) is 0 Å². The number of hydrogen-bond donors (Lipinski definition) is 1. The van der Waals surface area contributed by atoms with Gasteiger partial charge in [-0.3, -0.25) is 4.79 Å². The SMILES string of the molecule is Cc1cc(N(C)C)nc(NC2CCC(N(CC(C)(C)c3cc(C(F)(F)F)cc(C(F)(F)F)c3)C(=O)C(F)(F)F)CC2)n1. The average molecular weight is 614 g/mol. The molecule has 1 heterocycles. The Morgan fingerprint density at radius 3 is 1.79 bits per heavy atom. The van der Waals surface area contributed by atoms with E-state index in [-0.39, 0.29) is 24.9 Å². The van der Waals surface area contributed by atoms with E-state index >= 15 is 0 Å². The molecule has 6 nitrogen and oxygen atoms in total. The third-order valence-corrected chi connectivity index (χ3v) is 7.21. The Bertz CT molecular complexity index is 1230. The summed E-state index contributed by atoms with van der Waals surface area (Å²) in [4.78, 5) is 23.6. The van der Waals surface area contributed by atoms with Gasteiger partial charge in [-0.05, 0) is 56.4 Å². The second-order valence-corrected chi connectivity index (χ2v) is 11.3. The number of alkyl halides is 9. The summed E-state index contributed by atoms with van der Waals surface area (Å²) in [7, 11) is 3.60. The molecule has 0 radical (unpaired) electrons. The van der Waals surface area contributed by atoms with E-state index < -0.39 is 59.1 Å². The van der Waals surface area contributed by atoms with Gasteiger partial charge in [0.15, 0.2) is 0 Å². The molecule has 1 N–H and O–H groups in total. The number of aryl methyl sites for hydroxylation is 1. The van der Waals surface area contributed by atoms with Crippen LogP contribution in [0.2, 0.25) is 0 Å². The highest BCUT2D eigenvalue weighted by atomic mass is 19.4. The molecule has 0 saturated heterocycles. The Morgan fingerprint density at radius 2 is 1.33 bits per heavy atom. The first-order chi connectivity index (χ1) is 19.1. The number of benzene rings is 1. The van der Waals surface area contributed by atoms with E-state index in [1.807, 2.05) is 0 Å². The number of amides is 1. The first kappa shape index (κ1) is 33.2. The molecule has 234 valence electrons. The van der Waals surface area contributed by atoms with Gasteiger partial charge in [-0.1, -0.05) is 13.8 Å². The summed E-state index contributed by atoms with van der Waals surface area (Å²) < 4.78 is 122. The van der Waals surface area contributed by atoms with E-state index in [0.29, 0.717) is 47.3 Å². The average Bonchev–Trinajstić information content (AvgIpc) is 2.85. The molecule has 1 fully saturated rings. The fraction of sp³-hybridized carbons (Fsp3) is 0.593. The summed E-state index contributed by atoms with van der Waals surface area (Å²) in [6.45, 7) is 3.45. The quantitative estimate of drug-likeness (QED) is 0.342. The Labute approximate surface area is 237 Å². The molecule has 0 bridgehead atoms. The number of nitrogens with zero attached hydrogens (tertiary/aromatic N) is 4. The van der Waals surface area contributed by atoms with Crippen molar-refractivity contribution < 1.29 is 44.3 Å². The van der Waals surface area contributed by atoms with E-state index in [1.165, 1.54) is 13.8 Å². The minimum absolute atomic E-state index is 0.0497. The topological polar surface area (TPSA) is 61.4 Å². The van der Waals surface area contributed by atoms with Crippen LogP contribution < -0.4 is 10.2 Å². The summed E-state index contributed by atoms with van der Waals surface area (Å²) in [5.41, 5.74) is -4.67. The molecule has 1 saturated carbocycles. The fourth-order valence-corrected chi connectivity index (χ4v) is 4.95. The standard InChI is InChI=1S/C27H32F9N5O/c1-15-10-21(40(4)5)39-23(37-15)38-19-6-8-20(9-7-19)41(22(42)27(34,35)36)14-24(2,3)16-11-17(25(28,29)30)13-18(12-16)26(31,32)33/h10-13,19-20H,6-9,14H2,1-5H3,(H,37,38,39). The highest BCUT2D eigenvalue weighted by Gasteiger charge is 2.47. The number of rotatable bonds is 7. The van der Waals surface area contributed by atoms with Crippen molar-refractivity contribution in [1.82, 2.24) is 14.9 Å². The number of nitrogens with one attached hydrogen (secondary N) is 1. The maximum Gasteiger partial charge on any atom is 0.471 e. The van der Waals surface area contributed by atoms with Crippen molar-refractivity contribution in [2.45, 2.75) is 82.5 Å². The zero-order chi connectivity index (χ0) is 31.8. The molecular weight excluding hydrogens is 581 g/mol. The van der Waals surface area contributed by atoms with Crippen molar-refractivity contribution in [2.75, 3.05) is 30.9 Å². The molecule has 3 rings (SSSR count). The van der Waals surface area contributed by atoms with Crippen LogP contribution >= 0.6 is 0 Å². The summed E-state index contributed by atoms with van der Waals surface area (Å²) >= 11 is 0. The minimum atomic E-state index is -5.30. The summed E-state index contributed by atoms with van der Waals surface area (Å²) in [5.74, 6) is -1.23. The molecule has 0 atom stereocenters. The lowest BCUT2D eigenvalue weighted by atomic mass is 9.80. The lowest BCUT2D eigenvalue weighted by Gasteiger charge is -2.41. The maximum atomic E-state index is 13.7. The van der Waals surface area contributed by atoms with Crippen molar-refractivity contribution in [3.05, 3.63) is 46.6 Å². The third-order valence-electron chi connectivity index (χ3n) is 7.21. The van der Waals surface area contributed by atoms with E-state index in [4.69, 9.17) is 0 Å². The highest BCUT2D eigenvalue weighted by molar-refractivity contribution is 5.82. The number of anilines is 2. The smallest absolute Gasteiger partial charge is 0.363 e. The van der Waals surface area contributed by atoms with Gasteiger partial charge in [-0.2, -0.15) is 44.5 Å². The monoisotopic (exact) mass is 613 g/mol. The van der Waals surface area contributed by atoms with Crippen LogP contribution in [0.15, 0.2) is 24.3 Å². The van der Waals surface area contributed by atoms with Gasteiger partial charge < -0.3 is 15.1 Å². The molecule has 1 amide bonds. The van der Waals surface area contributed by atoms with Gasteiger partial charge in [0.2, 0.25) is 5.95 Å². The molecular formula is C27H32F9N5O. The second kappa shape index (κ2) is 11.8. The van der Waals surface area contributed by atoms with Crippen LogP contribution in [0, 0.1) is 6.92 Å².